The van der Waals surface area contributed by atoms with Crippen LogP contribution in [0.1, 0.15) is 15.9 Å². The standard InChI is InChI=1S/C23H17NO6/c24-23(27)17-7-3-4-8-18(17)28-13-21(26)29-12-15-11-20(25)30-19-10-9-14-5-1-2-6-16(14)22(15)19/h1-11H,12-13H2,(H2,24,27). The quantitative estimate of drug-likeness (QED) is 0.301. The zero-order chi connectivity index (χ0) is 21.1. The molecule has 0 radical (unpaired) electrons. The molecule has 3 aromatic carbocycles. The molecule has 0 aliphatic heterocycles. The lowest BCUT2D eigenvalue weighted by Gasteiger charge is -2.11. The second kappa shape index (κ2) is 8.08. The van der Waals surface area contributed by atoms with Crippen LogP contribution in [0.2, 0.25) is 0 Å². The third-order valence-electron chi connectivity index (χ3n) is 4.60. The molecule has 1 aromatic heterocycles. The molecule has 7 nitrogen and oxygen atoms in total. The highest BCUT2D eigenvalue weighted by Crippen LogP contribution is 2.27. The van der Waals surface area contributed by atoms with Crippen LogP contribution in [0.25, 0.3) is 21.7 Å². The Bertz CT molecular complexity index is 1320. The lowest BCUT2D eigenvalue weighted by Crippen LogP contribution is -2.18. The van der Waals surface area contributed by atoms with Gasteiger partial charge >= 0.3 is 11.6 Å². The van der Waals surface area contributed by atoms with E-state index in [0.29, 0.717) is 16.5 Å². The summed E-state index contributed by atoms with van der Waals surface area (Å²) in [5.41, 5.74) is 5.88. The fraction of sp³-hybridized carbons (Fsp3) is 0.0870. The van der Waals surface area contributed by atoms with Crippen molar-refractivity contribution in [2.75, 3.05) is 6.61 Å². The van der Waals surface area contributed by atoms with Crippen LogP contribution >= 0.6 is 0 Å². The van der Waals surface area contributed by atoms with Crippen molar-refractivity contribution in [2.24, 2.45) is 5.73 Å². The van der Waals surface area contributed by atoms with E-state index in [1.807, 2.05) is 30.3 Å². The number of rotatable bonds is 6. The number of hydrogen-bond donors (Lipinski definition) is 1. The summed E-state index contributed by atoms with van der Waals surface area (Å²) in [5.74, 6) is -1.12. The van der Waals surface area contributed by atoms with E-state index in [-0.39, 0.29) is 17.9 Å². The minimum atomic E-state index is -0.659. The number of carbonyl (C=O) groups is 2. The van der Waals surface area contributed by atoms with Crippen molar-refractivity contribution in [3.8, 4) is 5.75 Å². The average molecular weight is 403 g/mol. The molecular weight excluding hydrogens is 386 g/mol. The van der Waals surface area contributed by atoms with Gasteiger partial charge in [-0.2, -0.15) is 0 Å². The highest BCUT2D eigenvalue weighted by molar-refractivity contribution is 6.07. The van der Waals surface area contributed by atoms with Crippen LogP contribution in [0.15, 0.2) is 75.9 Å². The van der Waals surface area contributed by atoms with Crippen molar-refractivity contribution in [1.29, 1.82) is 0 Å². The van der Waals surface area contributed by atoms with Crippen LogP contribution in [0.3, 0.4) is 0 Å². The van der Waals surface area contributed by atoms with Gasteiger partial charge in [-0.15, -0.1) is 0 Å². The maximum absolute atomic E-state index is 12.2. The lowest BCUT2D eigenvalue weighted by atomic mass is 10.0. The largest absolute Gasteiger partial charge is 0.481 e. The first-order chi connectivity index (χ1) is 14.5. The Labute approximate surface area is 170 Å². The van der Waals surface area contributed by atoms with Crippen molar-refractivity contribution >= 4 is 33.6 Å². The first-order valence-electron chi connectivity index (χ1n) is 9.14. The number of nitrogens with two attached hydrogens (primary N) is 1. The van der Waals surface area contributed by atoms with Crippen LogP contribution in [0, 0.1) is 0 Å². The Morgan fingerprint density at radius 3 is 2.57 bits per heavy atom. The van der Waals surface area contributed by atoms with Gasteiger partial charge in [0.2, 0.25) is 0 Å². The highest BCUT2D eigenvalue weighted by Gasteiger charge is 2.14. The molecular formula is C23H17NO6. The first kappa shape index (κ1) is 19.2. The molecule has 0 spiro atoms. The molecule has 4 aromatic rings. The third-order valence-corrected chi connectivity index (χ3v) is 4.60. The van der Waals surface area contributed by atoms with Gasteiger partial charge < -0.3 is 19.6 Å². The van der Waals surface area contributed by atoms with Crippen LogP contribution in [-0.4, -0.2) is 18.5 Å². The van der Waals surface area contributed by atoms with Gasteiger partial charge in [0.05, 0.1) is 5.56 Å². The van der Waals surface area contributed by atoms with E-state index in [9.17, 15) is 14.4 Å². The Morgan fingerprint density at radius 1 is 0.967 bits per heavy atom. The predicted molar refractivity (Wildman–Crippen MR) is 110 cm³/mol. The Balaban J connectivity index is 1.54. The molecule has 0 aliphatic rings. The summed E-state index contributed by atoms with van der Waals surface area (Å²) in [7, 11) is 0. The van der Waals surface area contributed by atoms with Crippen LogP contribution < -0.4 is 16.1 Å². The number of primary amides is 1. The van der Waals surface area contributed by atoms with Gasteiger partial charge in [0.15, 0.2) is 6.61 Å². The maximum atomic E-state index is 12.2. The van der Waals surface area contributed by atoms with Crippen LogP contribution in [-0.2, 0) is 16.1 Å². The third kappa shape index (κ3) is 3.86. The minimum absolute atomic E-state index is 0.129. The molecule has 0 saturated carbocycles. The van der Waals surface area contributed by atoms with Crippen molar-refractivity contribution in [1.82, 2.24) is 0 Å². The molecule has 2 N–H and O–H groups in total. The van der Waals surface area contributed by atoms with Crippen molar-refractivity contribution in [3.05, 3.63) is 88.3 Å². The van der Waals surface area contributed by atoms with Gasteiger partial charge in [-0.05, 0) is 29.0 Å². The molecule has 0 bridgehead atoms. The number of hydrogen-bond acceptors (Lipinski definition) is 6. The molecule has 0 aliphatic carbocycles. The zero-order valence-electron chi connectivity index (χ0n) is 15.8. The number of ether oxygens (including phenoxy) is 2. The number of para-hydroxylation sites is 1. The summed E-state index contributed by atoms with van der Waals surface area (Å²) in [5, 5.41) is 2.56. The normalized spacial score (nSPS) is 10.8. The number of esters is 1. The summed E-state index contributed by atoms with van der Waals surface area (Å²) < 4.78 is 16.0. The number of fused-ring (bicyclic) bond motifs is 3. The van der Waals surface area contributed by atoms with Gasteiger partial charge in [0, 0.05) is 17.0 Å². The smallest absolute Gasteiger partial charge is 0.344 e. The van der Waals surface area contributed by atoms with Gasteiger partial charge in [0.1, 0.15) is 17.9 Å². The molecule has 1 amide bonds. The summed E-state index contributed by atoms with van der Waals surface area (Å²) in [6.07, 6.45) is 0. The fourth-order valence-electron chi connectivity index (χ4n) is 3.27. The van der Waals surface area contributed by atoms with E-state index in [0.717, 1.165) is 10.8 Å². The fourth-order valence-corrected chi connectivity index (χ4v) is 3.27. The Morgan fingerprint density at radius 2 is 1.73 bits per heavy atom. The second-order valence-electron chi connectivity index (χ2n) is 6.56. The Kier molecular flexibility index (Phi) is 5.17. The number of benzene rings is 3. The van der Waals surface area contributed by atoms with E-state index in [1.54, 1.807) is 18.2 Å². The maximum Gasteiger partial charge on any atom is 0.344 e. The average Bonchev–Trinajstić information content (AvgIpc) is 2.75. The van der Waals surface area contributed by atoms with Gasteiger partial charge in [0.25, 0.3) is 5.91 Å². The highest BCUT2D eigenvalue weighted by atomic mass is 16.6. The molecule has 0 saturated heterocycles. The summed E-state index contributed by atoms with van der Waals surface area (Å²) in [6.45, 7) is -0.541. The van der Waals surface area contributed by atoms with Crippen molar-refractivity contribution in [3.63, 3.8) is 0 Å². The van der Waals surface area contributed by atoms with Crippen molar-refractivity contribution < 1.29 is 23.5 Å². The van der Waals surface area contributed by atoms with Gasteiger partial charge in [-0.25, -0.2) is 9.59 Å². The molecule has 30 heavy (non-hydrogen) atoms. The molecule has 0 unspecified atom stereocenters. The molecule has 0 fully saturated rings. The van der Waals surface area contributed by atoms with Crippen LogP contribution in [0.4, 0.5) is 0 Å². The van der Waals surface area contributed by atoms with E-state index in [4.69, 9.17) is 19.6 Å². The molecule has 1 heterocycles. The molecule has 4 rings (SSSR count). The number of amides is 1. The van der Waals surface area contributed by atoms with Gasteiger partial charge in [-0.1, -0.05) is 42.5 Å². The second-order valence-corrected chi connectivity index (χ2v) is 6.56. The summed E-state index contributed by atoms with van der Waals surface area (Å²) in [4.78, 5) is 35.5. The molecule has 150 valence electrons. The van der Waals surface area contributed by atoms with Crippen molar-refractivity contribution in [2.45, 2.75) is 6.61 Å². The van der Waals surface area contributed by atoms with E-state index in [1.165, 1.54) is 18.2 Å². The van der Waals surface area contributed by atoms with Gasteiger partial charge in [-0.3, -0.25) is 4.79 Å². The monoisotopic (exact) mass is 403 g/mol. The predicted octanol–water partition coefficient (Wildman–Crippen LogP) is 3.17. The van der Waals surface area contributed by atoms with Crippen LogP contribution in [0.5, 0.6) is 5.75 Å². The van der Waals surface area contributed by atoms with E-state index in [2.05, 4.69) is 0 Å². The summed E-state index contributed by atoms with van der Waals surface area (Å²) in [6, 6.07) is 18.9. The minimum Gasteiger partial charge on any atom is -0.481 e. The molecule has 7 heteroatoms. The topological polar surface area (TPSA) is 109 Å². The first-order valence-corrected chi connectivity index (χ1v) is 9.14. The zero-order valence-corrected chi connectivity index (χ0v) is 15.8. The van der Waals surface area contributed by atoms with E-state index < -0.39 is 24.1 Å². The SMILES string of the molecule is NC(=O)c1ccccc1OCC(=O)OCc1cc(=O)oc2ccc3ccccc3c12. The lowest BCUT2D eigenvalue weighted by molar-refractivity contribution is -0.147. The van der Waals surface area contributed by atoms with E-state index >= 15 is 0 Å². The summed E-state index contributed by atoms with van der Waals surface area (Å²) >= 11 is 0. The number of carbonyl (C=O) groups excluding carboxylic acids is 2. The molecule has 0 atom stereocenters. The Hall–Kier alpha value is -4.13.